The van der Waals surface area contributed by atoms with E-state index in [9.17, 15) is 9.59 Å². The molecule has 1 N–H and O–H groups in total. The van der Waals surface area contributed by atoms with Gasteiger partial charge < -0.3 is 9.88 Å². The van der Waals surface area contributed by atoms with Crippen LogP contribution in [0.25, 0.3) is 0 Å². The summed E-state index contributed by atoms with van der Waals surface area (Å²) < 4.78 is 0. The van der Waals surface area contributed by atoms with Crippen molar-refractivity contribution in [1.29, 1.82) is 0 Å². The highest BCUT2D eigenvalue weighted by Gasteiger charge is 2.17. The molecule has 3 rings (SSSR count). The van der Waals surface area contributed by atoms with E-state index in [1.165, 1.54) is 12.3 Å². The first-order chi connectivity index (χ1) is 12.1. The summed E-state index contributed by atoms with van der Waals surface area (Å²) in [5, 5.41) is 0. The topological polar surface area (TPSA) is 66.1 Å². The Balaban J connectivity index is 1.90. The molecule has 0 bridgehead atoms. The molecule has 2 heterocycles. The largest absolute Gasteiger partial charge is 0.330 e. The number of hydrogen-bond donors (Lipinski definition) is 1. The molecule has 0 radical (unpaired) electrons. The van der Waals surface area contributed by atoms with E-state index in [1.54, 1.807) is 23.4 Å². The Hall–Kier alpha value is -3.21. The van der Waals surface area contributed by atoms with Crippen LogP contribution in [0.15, 0.2) is 71.9 Å². The number of nitrogens with one attached hydrogen (secondary N) is 1. The number of rotatable bonds is 5. The van der Waals surface area contributed by atoms with Crippen LogP contribution in [0, 0.1) is 6.92 Å². The Kier molecular flexibility index (Phi) is 5.04. The second-order valence-corrected chi connectivity index (χ2v) is 5.89. The normalized spacial score (nSPS) is 10.4. The number of benzene rings is 1. The fourth-order valence-corrected chi connectivity index (χ4v) is 2.63. The SMILES string of the molecule is Cc1ccccc1CN(Cc1cccnc1)C(=O)c1ccc(=O)[nH]c1. The summed E-state index contributed by atoms with van der Waals surface area (Å²) >= 11 is 0. The third-order valence-corrected chi connectivity index (χ3v) is 4.04. The number of aromatic nitrogens is 2. The van der Waals surface area contributed by atoms with Crippen LogP contribution in [0.3, 0.4) is 0 Å². The maximum Gasteiger partial charge on any atom is 0.255 e. The first-order valence-electron chi connectivity index (χ1n) is 8.05. The summed E-state index contributed by atoms with van der Waals surface area (Å²) in [4.78, 5) is 32.6. The van der Waals surface area contributed by atoms with Gasteiger partial charge in [0, 0.05) is 37.7 Å². The van der Waals surface area contributed by atoms with Gasteiger partial charge in [0.2, 0.25) is 5.56 Å². The van der Waals surface area contributed by atoms with Crippen molar-refractivity contribution in [3.63, 3.8) is 0 Å². The Labute approximate surface area is 146 Å². The molecule has 0 unspecified atom stereocenters. The lowest BCUT2D eigenvalue weighted by atomic mass is 10.1. The van der Waals surface area contributed by atoms with E-state index in [0.29, 0.717) is 18.7 Å². The highest BCUT2D eigenvalue weighted by Crippen LogP contribution is 2.15. The number of aromatic amines is 1. The molecule has 0 aliphatic carbocycles. The molecule has 0 aliphatic rings. The Bertz CT molecular complexity index is 899. The minimum Gasteiger partial charge on any atom is -0.330 e. The van der Waals surface area contributed by atoms with Crippen LogP contribution < -0.4 is 5.56 Å². The smallest absolute Gasteiger partial charge is 0.255 e. The van der Waals surface area contributed by atoms with E-state index in [-0.39, 0.29) is 11.5 Å². The third-order valence-electron chi connectivity index (χ3n) is 4.04. The molecular formula is C20H19N3O2. The van der Waals surface area contributed by atoms with Gasteiger partial charge >= 0.3 is 0 Å². The quantitative estimate of drug-likeness (QED) is 0.781. The summed E-state index contributed by atoms with van der Waals surface area (Å²) in [6.45, 7) is 2.96. The van der Waals surface area contributed by atoms with Gasteiger partial charge in [-0.3, -0.25) is 14.6 Å². The molecule has 5 heteroatoms. The zero-order valence-corrected chi connectivity index (χ0v) is 14.0. The summed E-state index contributed by atoms with van der Waals surface area (Å²) in [5.74, 6) is -0.136. The predicted octanol–water partition coefficient (Wildman–Crippen LogP) is 2.92. The minimum atomic E-state index is -0.228. The second kappa shape index (κ2) is 7.57. The summed E-state index contributed by atoms with van der Waals surface area (Å²) in [6.07, 6.45) is 4.92. The number of amides is 1. The molecule has 0 spiro atoms. The lowest BCUT2D eigenvalue weighted by molar-refractivity contribution is 0.0729. The number of pyridine rings is 2. The minimum absolute atomic E-state index is 0.136. The highest BCUT2D eigenvalue weighted by molar-refractivity contribution is 5.93. The van der Waals surface area contributed by atoms with Crippen LogP contribution in [-0.4, -0.2) is 20.8 Å². The first-order valence-corrected chi connectivity index (χ1v) is 8.05. The van der Waals surface area contributed by atoms with Gasteiger partial charge in [-0.25, -0.2) is 0 Å². The number of aryl methyl sites for hydroxylation is 1. The molecule has 1 amide bonds. The van der Waals surface area contributed by atoms with Crippen LogP contribution in [-0.2, 0) is 13.1 Å². The monoisotopic (exact) mass is 333 g/mol. The van der Waals surface area contributed by atoms with Crippen LogP contribution in [0.4, 0.5) is 0 Å². The van der Waals surface area contributed by atoms with E-state index in [4.69, 9.17) is 0 Å². The Morgan fingerprint density at radius 3 is 2.60 bits per heavy atom. The van der Waals surface area contributed by atoms with Crippen LogP contribution in [0.2, 0.25) is 0 Å². The van der Waals surface area contributed by atoms with Gasteiger partial charge in [0.1, 0.15) is 0 Å². The molecule has 0 saturated heterocycles. The van der Waals surface area contributed by atoms with Gasteiger partial charge in [0.05, 0.1) is 5.56 Å². The lowest BCUT2D eigenvalue weighted by Gasteiger charge is -2.24. The third kappa shape index (κ3) is 4.20. The number of carbonyl (C=O) groups excluding carboxylic acids is 1. The van der Waals surface area contributed by atoms with Gasteiger partial charge in [-0.1, -0.05) is 30.3 Å². The van der Waals surface area contributed by atoms with E-state index < -0.39 is 0 Å². The fraction of sp³-hybridized carbons (Fsp3) is 0.150. The molecule has 25 heavy (non-hydrogen) atoms. The fourth-order valence-electron chi connectivity index (χ4n) is 2.63. The van der Waals surface area contributed by atoms with Crippen molar-refractivity contribution in [2.45, 2.75) is 20.0 Å². The van der Waals surface area contributed by atoms with Gasteiger partial charge in [0.25, 0.3) is 5.91 Å². The molecule has 2 aromatic heterocycles. The molecule has 0 fully saturated rings. The molecule has 126 valence electrons. The summed E-state index contributed by atoms with van der Waals surface area (Å²) in [5.41, 5.74) is 3.40. The van der Waals surface area contributed by atoms with E-state index in [2.05, 4.69) is 9.97 Å². The average molecular weight is 333 g/mol. The van der Waals surface area contributed by atoms with Crippen molar-refractivity contribution in [2.75, 3.05) is 0 Å². The highest BCUT2D eigenvalue weighted by atomic mass is 16.2. The number of nitrogens with zero attached hydrogens (tertiary/aromatic N) is 2. The Morgan fingerprint density at radius 1 is 1.08 bits per heavy atom. The van der Waals surface area contributed by atoms with Gasteiger partial charge in [0.15, 0.2) is 0 Å². The van der Waals surface area contributed by atoms with Crippen LogP contribution in [0.1, 0.15) is 27.0 Å². The van der Waals surface area contributed by atoms with Crippen LogP contribution in [0.5, 0.6) is 0 Å². The maximum atomic E-state index is 13.0. The zero-order valence-electron chi connectivity index (χ0n) is 14.0. The van der Waals surface area contributed by atoms with E-state index >= 15 is 0 Å². The van der Waals surface area contributed by atoms with Crippen molar-refractivity contribution in [2.24, 2.45) is 0 Å². The molecule has 0 saturated carbocycles. The molecule has 3 aromatic rings. The molecule has 1 aromatic carbocycles. The Morgan fingerprint density at radius 2 is 1.92 bits per heavy atom. The van der Waals surface area contributed by atoms with Gasteiger partial charge in [-0.15, -0.1) is 0 Å². The zero-order chi connectivity index (χ0) is 17.6. The number of H-pyrrole nitrogens is 1. The molecule has 0 aliphatic heterocycles. The molecule has 5 nitrogen and oxygen atoms in total. The predicted molar refractivity (Wildman–Crippen MR) is 96.1 cm³/mol. The maximum absolute atomic E-state index is 13.0. The van der Waals surface area contributed by atoms with Crippen molar-refractivity contribution >= 4 is 5.91 Å². The van der Waals surface area contributed by atoms with Gasteiger partial charge in [-0.05, 0) is 35.7 Å². The first kappa shape index (κ1) is 16.6. The van der Waals surface area contributed by atoms with Crippen molar-refractivity contribution in [3.05, 3.63) is 99.7 Å². The van der Waals surface area contributed by atoms with E-state index in [1.807, 2.05) is 43.3 Å². The molecule has 0 atom stereocenters. The summed E-state index contributed by atoms with van der Waals surface area (Å²) in [7, 11) is 0. The van der Waals surface area contributed by atoms with Crippen molar-refractivity contribution in [3.8, 4) is 0 Å². The summed E-state index contributed by atoms with van der Waals surface area (Å²) in [6, 6.07) is 14.7. The lowest BCUT2D eigenvalue weighted by Crippen LogP contribution is -2.31. The second-order valence-electron chi connectivity index (χ2n) is 5.89. The van der Waals surface area contributed by atoms with Crippen LogP contribution >= 0.6 is 0 Å². The standard InChI is InChI=1S/C20H19N3O2/c1-15-5-2-3-7-18(15)14-23(13-16-6-4-10-21-11-16)20(25)17-8-9-19(24)22-12-17/h2-12H,13-14H2,1H3,(H,22,24). The number of hydrogen-bond acceptors (Lipinski definition) is 3. The van der Waals surface area contributed by atoms with Gasteiger partial charge in [-0.2, -0.15) is 0 Å². The van der Waals surface area contributed by atoms with Crippen molar-refractivity contribution < 1.29 is 4.79 Å². The average Bonchev–Trinajstić information content (AvgIpc) is 2.64. The van der Waals surface area contributed by atoms with E-state index in [0.717, 1.165) is 16.7 Å². The number of carbonyl (C=O) groups is 1. The van der Waals surface area contributed by atoms with Crippen molar-refractivity contribution in [1.82, 2.24) is 14.9 Å². The molecular weight excluding hydrogens is 314 g/mol.